The van der Waals surface area contributed by atoms with Crippen molar-refractivity contribution in [2.24, 2.45) is 0 Å². The highest BCUT2D eigenvalue weighted by molar-refractivity contribution is 6.45. The smallest absolute Gasteiger partial charge is 0.251 e. The third kappa shape index (κ3) is 2.34. The van der Waals surface area contributed by atoms with Crippen LogP contribution in [0.4, 0.5) is 0 Å². The molecule has 0 bridgehead atoms. The first kappa shape index (κ1) is 12.5. The van der Waals surface area contributed by atoms with Gasteiger partial charge in [0.05, 0.1) is 10.0 Å². The molecule has 88 valence electrons. The maximum Gasteiger partial charge on any atom is 0.251 e. The molecule has 0 saturated carbocycles. The Balaban J connectivity index is 2.77. The SMILES string of the molecule is Cc1c(-c2cc(Cl)cc(Cl)c2Cl)cc[nH]c1=O. The van der Waals surface area contributed by atoms with Crippen LogP contribution in [-0.2, 0) is 0 Å². The standard InChI is InChI=1S/C12H8Cl3NO/c1-6-8(2-3-16-12(6)17)9-4-7(13)5-10(14)11(9)15/h2-5H,1H3,(H,16,17). The first-order valence-corrected chi connectivity index (χ1v) is 5.97. The molecule has 2 nitrogen and oxygen atoms in total. The van der Waals surface area contributed by atoms with Gasteiger partial charge >= 0.3 is 0 Å². The van der Waals surface area contributed by atoms with Gasteiger partial charge in [-0.3, -0.25) is 4.79 Å². The Labute approximate surface area is 113 Å². The largest absolute Gasteiger partial charge is 0.329 e. The highest BCUT2D eigenvalue weighted by Gasteiger charge is 2.12. The van der Waals surface area contributed by atoms with Crippen molar-refractivity contribution in [3.8, 4) is 11.1 Å². The van der Waals surface area contributed by atoms with Crippen LogP contribution in [0, 0.1) is 6.92 Å². The van der Waals surface area contributed by atoms with Crippen LogP contribution in [0.15, 0.2) is 29.2 Å². The molecule has 2 rings (SSSR count). The highest BCUT2D eigenvalue weighted by atomic mass is 35.5. The molecule has 0 fully saturated rings. The zero-order valence-corrected chi connectivity index (χ0v) is 11.1. The Kier molecular flexibility index (Phi) is 3.48. The number of aromatic amines is 1. The Hall–Kier alpha value is -0.960. The summed E-state index contributed by atoms with van der Waals surface area (Å²) in [4.78, 5) is 14.1. The van der Waals surface area contributed by atoms with E-state index in [2.05, 4.69) is 4.98 Å². The summed E-state index contributed by atoms with van der Waals surface area (Å²) in [6.45, 7) is 1.72. The van der Waals surface area contributed by atoms with Gasteiger partial charge in [0.15, 0.2) is 0 Å². The predicted molar refractivity (Wildman–Crippen MR) is 72.3 cm³/mol. The van der Waals surface area contributed by atoms with Crippen molar-refractivity contribution in [2.75, 3.05) is 0 Å². The van der Waals surface area contributed by atoms with Crippen LogP contribution >= 0.6 is 34.8 Å². The average molecular weight is 289 g/mol. The number of aromatic nitrogens is 1. The van der Waals surface area contributed by atoms with Gasteiger partial charge in [-0.1, -0.05) is 34.8 Å². The fourth-order valence-electron chi connectivity index (χ4n) is 1.60. The maximum atomic E-state index is 11.5. The molecule has 1 heterocycles. The van der Waals surface area contributed by atoms with Crippen LogP contribution in [-0.4, -0.2) is 4.98 Å². The van der Waals surface area contributed by atoms with Crippen molar-refractivity contribution in [3.05, 3.63) is 55.4 Å². The van der Waals surface area contributed by atoms with Crippen LogP contribution in [0.5, 0.6) is 0 Å². The molecule has 2 aromatic rings. The minimum Gasteiger partial charge on any atom is -0.329 e. The molecule has 0 aliphatic carbocycles. The third-order valence-corrected chi connectivity index (χ3v) is 3.51. The summed E-state index contributed by atoms with van der Waals surface area (Å²) in [5.41, 5.74) is 1.80. The van der Waals surface area contributed by atoms with Crippen LogP contribution in [0.25, 0.3) is 11.1 Å². The minimum atomic E-state index is -0.158. The number of hydrogen-bond donors (Lipinski definition) is 1. The van der Waals surface area contributed by atoms with Crippen molar-refractivity contribution >= 4 is 34.8 Å². The van der Waals surface area contributed by atoms with E-state index in [-0.39, 0.29) is 5.56 Å². The van der Waals surface area contributed by atoms with Gasteiger partial charge in [0.2, 0.25) is 0 Å². The minimum absolute atomic E-state index is 0.158. The van der Waals surface area contributed by atoms with E-state index in [4.69, 9.17) is 34.8 Å². The van der Waals surface area contributed by atoms with E-state index in [1.54, 1.807) is 31.3 Å². The summed E-state index contributed by atoms with van der Waals surface area (Å²) in [6.07, 6.45) is 1.57. The van der Waals surface area contributed by atoms with E-state index in [0.29, 0.717) is 26.2 Å². The molecule has 1 N–H and O–H groups in total. The summed E-state index contributed by atoms with van der Waals surface area (Å²) in [5, 5.41) is 1.24. The monoisotopic (exact) mass is 287 g/mol. The van der Waals surface area contributed by atoms with E-state index in [1.165, 1.54) is 0 Å². The first-order valence-electron chi connectivity index (χ1n) is 4.84. The normalized spacial score (nSPS) is 10.6. The average Bonchev–Trinajstić information content (AvgIpc) is 2.27. The van der Waals surface area contributed by atoms with Crippen LogP contribution < -0.4 is 5.56 Å². The number of hydrogen-bond acceptors (Lipinski definition) is 1. The number of benzene rings is 1. The van der Waals surface area contributed by atoms with Crippen LogP contribution in [0.1, 0.15) is 5.56 Å². The first-order chi connectivity index (χ1) is 8.00. The zero-order chi connectivity index (χ0) is 12.6. The molecule has 0 unspecified atom stereocenters. The molecule has 0 spiro atoms. The van der Waals surface area contributed by atoms with Crippen LogP contribution in [0.2, 0.25) is 15.1 Å². The Bertz CT molecular complexity index is 634. The predicted octanol–water partition coefficient (Wildman–Crippen LogP) is 4.31. The van der Waals surface area contributed by atoms with Gasteiger partial charge in [-0.15, -0.1) is 0 Å². The Morgan fingerprint density at radius 2 is 1.82 bits per heavy atom. The van der Waals surface area contributed by atoms with E-state index in [9.17, 15) is 4.79 Å². The summed E-state index contributed by atoms with van der Waals surface area (Å²) < 4.78 is 0. The van der Waals surface area contributed by atoms with Crippen molar-refractivity contribution in [3.63, 3.8) is 0 Å². The molecule has 1 aromatic heterocycles. The number of pyridine rings is 1. The van der Waals surface area contributed by atoms with Gasteiger partial charge in [-0.25, -0.2) is 0 Å². The second-order valence-electron chi connectivity index (χ2n) is 3.59. The molecule has 0 saturated heterocycles. The number of nitrogens with one attached hydrogen (secondary N) is 1. The lowest BCUT2D eigenvalue weighted by Gasteiger charge is -2.09. The molecule has 0 atom stereocenters. The number of H-pyrrole nitrogens is 1. The van der Waals surface area contributed by atoms with Crippen molar-refractivity contribution in [1.29, 1.82) is 0 Å². The summed E-state index contributed by atoms with van der Waals surface area (Å²) in [6, 6.07) is 5.03. The second-order valence-corrected chi connectivity index (χ2v) is 4.82. The van der Waals surface area contributed by atoms with Crippen molar-refractivity contribution < 1.29 is 0 Å². The van der Waals surface area contributed by atoms with Gasteiger partial charge in [-0.2, -0.15) is 0 Å². The van der Waals surface area contributed by atoms with E-state index >= 15 is 0 Å². The fourth-order valence-corrected chi connectivity index (χ4v) is 2.30. The number of halogens is 3. The van der Waals surface area contributed by atoms with Crippen molar-refractivity contribution in [1.82, 2.24) is 4.98 Å². The molecule has 5 heteroatoms. The summed E-state index contributed by atoms with van der Waals surface area (Å²) in [7, 11) is 0. The Morgan fingerprint density at radius 3 is 2.53 bits per heavy atom. The lowest BCUT2D eigenvalue weighted by molar-refractivity contribution is 1.18. The molecule has 0 radical (unpaired) electrons. The highest BCUT2D eigenvalue weighted by Crippen LogP contribution is 2.36. The fraction of sp³-hybridized carbons (Fsp3) is 0.0833. The lowest BCUT2D eigenvalue weighted by atomic mass is 10.0. The van der Waals surface area contributed by atoms with Gasteiger partial charge < -0.3 is 4.98 Å². The van der Waals surface area contributed by atoms with Gasteiger partial charge in [0, 0.05) is 22.3 Å². The zero-order valence-electron chi connectivity index (χ0n) is 8.85. The molecular weight excluding hydrogens is 280 g/mol. The molecule has 0 amide bonds. The molecule has 1 aromatic carbocycles. The van der Waals surface area contributed by atoms with Gasteiger partial charge in [0.25, 0.3) is 5.56 Å². The van der Waals surface area contributed by atoms with Gasteiger partial charge in [-0.05, 0) is 30.7 Å². The number of rotatable bonds is 1. The third-order valence-electron chi connectivity index (χ3n) is 2.49. The quantitative estimate of drug-likeness (QED) is 0.779. The van der Waals surface area contributed by atoms with E-state index in [0.717, 1.165) is 5.56 Å². The van der Waals surface area contributed by atoms with Gasteiger partial charge in [0.1, 0.15) is 0 Å². The molecule has 0 aliphatic rings. The van der Waals surface area contributed by atoms with Crippen LogP contribution in [0.3, 0.4) is 0 Å². The molecular formula is C12H8Cl3NO. The topological polar surface area (TPSA) is 32.9 Å². The molecule has 0 aliphatic heterocycles. The summed E-state index contributed by atoms with van der Waals surface area (Å²) in [5.74, 6) is 0. The lowest BCUT2D eigenvalue weighted by Crippen LogP contribution is -2.09. The Morgan fingerprint density at radius 1 is 1.12 bits per heavy atom. The maximum absolute atomic E-state index is 11.5. The summed E-state index contributed by atoms with van der Waals surface area (Å²) >= 11 is 18.0. The molecule has 17 heavy (non-hydrogen) atoms. The van der Waals surface area contributed by atoms with Crippen molar-refractivity contribution in [2.45, 2.75) is 6.92 Å². The van der Waals surface area contributed by atoms with E-state index in [1.807, 2.05) is 0 Å². The second kappa shape index (κ2) is 4.73. The van der Waals surface area contributed by atoms with E-state index < -0.39 is 0 Å².